The van der Waals surface area contributed by atoms with Crippen LogP contribution in [-0.4, -0.2) is 10.5 Å². The number of thiocarbonyl (C=S) groups is 1. The summed E-state index contributed by atoms with van der Waals surface area (Å²) < 4.78 is 1.07. The van der Waals surface area contributed by atoms with Crippen LogP contribution in [0.4, 0.5) is 0 Å². The summed E-state index contributed by atoms with van der Waals surface area (Å²) in [5, 5.41) is 2.08. The molecular weight excluding hydrogens is 180 g/mol. The van der Waals surface area contributed by atoms with Crippen LogP contribution in [0.25, 0.3) is 0 Å². The first kappa shape index (κ1) is 8.24. The molecule has 1 aromatic rings. The van der Waals surface area contributed by atoms with Crippen LogP contribution in [0, 0.1) is 0 Å². The molecule has 0 amide bonds. The average Bonchev–Trinajstić information content (AvgIpc) is 2.40. The quantitative estimate of drug-likeness (QED) is 0.654. The van der Waals surface area contributed by atoms with Crippen LogP contribution < -0.4 is 0 Å². The summed E-state index contributed by atoms with van der Waals surface area (Å²) >= 11 is 8.50. The molecule has 1 heterocycles. The fourth-order valence-electron chi connectivity index (χ4n) is 0.628. The number of thioether (sulfide) groups is 1. The monoisotopic (exact) mass is 188 g/mol. The van der Waals surface area contributed by atoms with Crippen LogP contribution in [-0.2, 0) is 6.42 Å². The zero-order valence-corrected chi connectivity index (χ0v) is 8.11. The Balaban J connectivity index is 2.48. The van der Waals surface area contributed by atoms with E-state index in [1.807, 2.05) is 6.26 Å². The Morgan fingerprint density at radius 2 is 2.60 bits per heavy atom. The Labute approximate surface area is 74.6 Å². The number of rotatable bonds is 2. The fraction of sp³-hybridized carbons (Fsp3) is 0.286. The van der Waals surface area contributed by atoms with E-state index in [1.54, 1.807) is 23.1 Å². The van der Waals surface area contributed by atoms with Gasteiger partial charge in [0.1, 0.15) is 0 Å². The van der Waals surface area contributed by atoms with Crippen molar-refractivity contribution in [2.24, 2.45) is 0 Å². The Morgan fingerprint density at radius 3 is 3.10 bits per heavy atom. The molecule has 0 aliphatic heterocycles. The lowest BCUT2D eigenvalue weighted by molar-refractivity contribution is 1.49. The Bertz CT molecular complexity index is 201. The van der Waals surface area contributed by atoms with Gasteiger partial charge in [-0.3, -0.25) is 0 Å². The van der Waals surface area contributed by atoms with E-state index >= 15 is 0 Å². The summed E-state index contributed by atoms with van der Waals surface area (Å²) in [6.07, 6.45) is 2.98. The second kappa shape index (κ2) is 4.11. The Hall–Kier alpha value is 0.140. The van der Waals surface area contributed by atoms with E-state index < -0.39 is 0 Å². The first-order valence-electron chi connectivity index (χ1n) is 2.92. The minimum Gasteiger partial charge on any atom is -0.149 e. The van der Waals surface area contributed by atoms with Crippen LogP contribution in [0.3, 0.4) is 0 Å². The van der Waals surface area contributed by atoms with Crippen molar-refractivity contribution < 1.29 is 0 Å². The molecule has 0 N–H and O–H groups in total. The molecule has 0 nitrogen and oxygen atoms in total. The molecule has 0 aliphatic rings. The lowest BCUT2D eigenvalue weighted by Crippen LogP contribution is -1.89. The first-order chi connectivity index (χ1) is 4.83. The first-order valence-corrected chi connectivity index (χ1v) is 5.43. The Kier molecular flexibility index (Phi) is 3.39. The standard InChI is InChI=1S/C7H8S3/c1-9-7(8)5-6-3-2-4-10-6/h2-4H,5H2,1H3. The highest BCUT2D eigenvalue weighted by Gasteiger charge is 1.96. The molecule has 1 aromatic heterocycles. The van der Waals surface area contributed by atoms with Crippen LogP contribution in [0.2, 0.25) is 0 Å². The molecule has 0 fully saturated rings. The van der Waals surface area contributed by atoms with Gasteiger partial charge in [-0.05, 0) is 17.7 Å². The summed E-state index contributed by atoms with van der Waals surface area (Å²) in [4.78, 5) is 1.36. The van der Waals surface area contributed by atoms with Gasteiger partial charge in [0, 0.05) is 11.3 Å². The van der Waals surface area contributed by atoms with Crippen molar-refractivity contribution in [3.63, 3.8) is 0 Å². The predicted octanol–water partition coefficient (Wildman–Crippen LogP) is 2.98. The fourth-order valence-corrected chi connectivity index (χ4v) is 1.98. The van der Waals surface area contributed by atoms with E-state index in [4.69, 9.17) is 12.2 Å². The summed E-state index contributed by atoms with van der Waals surface area (Å²) in [5.41, 5.74) is 0. The van der Waals surface area contributed by atoms with Gasteiger partial charge in [0.2, 0.25) is 0 Å². The molecule has 0 saturated heterocycles. The third-order valence-electron chi connectivity index (χ3n) is 1.13. The number of hydrogen-bond acceptors (Lipinski definition) is 3. The second-order valence-electron chi connectivity index (χ2n) is 1.83. The highest BCUT2D eigenvalue weighted by atomic mass is 32.2. The van der Waals surface area contributed by atoms with E-state index in [2.05, 4.69) is 17.5 Å². The predicted molar refractivity (Wildman–Crippen MR) is 54.1 cm³/mol. The third kappa shape index (κ3) is 2.40. The van der Waals surface area contributed by atoms with Crippen molar-refractivity contribution in [1.82, 2.24) is 0 Å². The van der Waals surface area contributed by atoms with Crippen LogP contribution >= 0.6 is 35.3 Å². The SMILES string of the molecule is CSC(=S)Cc1cccs1. The summed E-state index contributed by atoms with van der Waals surface area (Å²) in [6.45, 7) is 0. The van der Waals surface area contributed by atoms with Gasteiger partial charge < -0.3 is 0 Å². The molecule has 0 aromatic carbocycles. The normalized spacial score (nSPS) is 9.70. The van der Waals surface area contributed by atoms with E-state index in [0.717, 1.165) is 10.6 Å². The van der Waals surface area contributed by atoms with Crippen molar-refractivity contribution in [1.29, 1.82) is 0 Å². The topological polar surface area (TPSA) is 0 Å². The molecule has 0 radical (unpaired) electrons. The van der Waals surface area contributed by atoms with Crippen LogP contribution in [0.15, 0.2) is 17.5 Å². The molecule has 1 rings (SSSR count). The van der Waals surface area contributed by atoms with Gasteiger partial charge in [0.25, 0.3) is 0 Å². The summed E-state index contributed by atoms with van der Waals surface area (Å²) in [5.74, 6) is 0. The van der Waals surface area contributed by atoms with Gasteiger partial charge >= 0.3 is 0 Å². The highest BCUT2D eigenvalue weighted by molar-refractivity contribution is 8.22. The van der Waals surface area contributed by atoms with E-state index in [0.29, 0.717) is 0 Å². The molecule has 0 atom stereocenters. The molecule has 54 valence electrons. The minimum absolute atomic E-state index is 0.953. The maximum Gasteiger partial charge on any atom is 0.0527 e. The van der Waals surface area contributed by atoms with Crippen LogP contribution in [0.1, 0.15) is 4.88 Å². The highest BCUT2D eigenvalue weighted by Crippen LogP contribution is 2.13. The van der Waals surface area contributed by atoms with Gasteiger partial charge in [-0.2, -0.15) is 0 Å². The number of thiophene rings is 1. The number of hydrogen-bond donors (Lipinski definition) is 0. The summed E-state index contributed by atoms with van der Waals surface area (Å²) in [7, 11) is 0. The average molecular weight is 188 g/mol. The van der Waals surface area contributed by atoms with Gasteiger partial charge in [0.05, 0.1) is 4.20 Å². The maximum absolute atomic E-state index is 5.07. The summed E-state index contributed by atoms with van der Waals surface area (Å²) in [6, 6.07) is 4.18. The van der Waals surface area contributed by atoms with E-state index in [-0.39, 0.29) is 0 Å². The largest absolute Gasteiger partial charge is 0.149 e. The molecule has 0 aliphatic carbocycles. The van der Waals surface area contributed by atoms with E-state index in [9.17, 15) is 0 Å². The van der Waals surface area contributed by atoms with E-state index in [1.165, 1.54) is 4.88 Å². The molecule has 0 bridgehead atoms. The lowest BCUT2D eigenvalue weighted by Gasteiger charge is -1.93. The molecule has 0 spiro atoms. The van der Waals surface area contributed by atoms with Gasteiger partial charge in [-0.25, -0.2) is 0 Å². The maximum atomic E-state index is 5.07. The molecular formula is C7H8S3. The van der Waals surface area contributed by atoms with Crippen molar-refractivity contribution >= 4 is 39.5 Å². The molecule has 10 heavy (non-hydrogen) atoms. The van der Waals surface area contributed by atoms with Crippen molar-refractivity contribution in [3.05, 3.63) is 22.4 Å². The second-order valence-corrected chi connectivity index (χ2v) is 4.52. The van der Waals surface area contributed by atoms with Crippen molar-refractivity contribution in [3.8, 4) is 0 Å². The van der Waals surface area contributed by atoms with Crippen LogP contribution in [0.5, 0.6) is 0 Å². The molecule has 0 unspecified atom stereocenters. The molecule has 0 saturated carbocycles. The van der Waals surface area contributed by atoms with Crippen molar-refractivity contribution in [2.45, 2.75) is 6.42 Å². The Morgan fingerprint density at radius 1 is 1.80 bits per heavy atom. The van der Waals surface area contributed by atoms with Gasteiger partial charge in [-0.1, -0.05) is 18.3 Å². The molecule has 3 heteroatoms. The third-order valence-corrected chi connectivity index (χ3v) is 3.25. The zero-order valence-electron chi connectivity index (χ0n) is 5.66. The smallest absolute Gasteiger partial charge is 0.0527 e. The van der Waals surface area contributed by atoms with Gasteiger partial charge in [-0.15, -0.1) is 23.1 Å². The zero-order chi connectivity index (χ0) is 7.40. The lowest BCUT2D eigenvalue weighted by atomic mass is 10.4. The van der Waals surface area contributed by atoms with Crippen molar-refractivity contribution in [2.75, 3.05) is 6.26 Å². The minimum atomic E-state index is 0.953. The van der Waals surface area contributed by atoms with Gasteiger partial charge in [0.15, 0.2) is 0 Å².